The van der Waals surface area contributed by atoms with E-state index < -0.39 is 0 Å². The smallest absolute Gasteiger partial charge is 0.254 e. The van der Waals surface area contributed by atoms with Crippen molar-refractivity contribution in [3.8, 4) is 11.5 Å². The van der Waals surface area contributed by atoms with Gasteiger partial charge < -0.3 is 19.7 Å². The predicted octanol–water partition coefficient (Wildman–Crippen LogP) is 2.67. The Labute approximate surface area is 165 Å². The molecule has 3 rings (SSSR count). The second kappa shape index (κ2) is 9.26. The number of carbonyl (C=O) groups is 2. The van der Waals surface area contributed by atoms with Gasteiger partial charge in [0.05, 0.1) is 25.8 Å². The Balaban J connectivity index is 1.75. The second-order valence-electron chi connectivity index (χ2n) is 6.67. The Morgan fingerprint density at radius 2 is 1.79 bits per heavy atom. The molecule has 0 saturated carbocycles. The van der Waals surface area contributed by atoms with Crippen molar-refractivity contribution in [2.24, 2.45) is 0 Å². The molecule has 6 heteroatoms. The summed E-state index contributed by atoms with van der Waals surface area (Å²) in [6.45, 7) is 5.29. The Morgan fingerprint density at radius 1 is 1.07 bits per heavy atom. The summed E-state index contributed by atoms with van der Waals surface area (Å²) in [6, 6.07) is 15.0. The van der Waals surface area contributed by atoms with E-state index in [1.54, 1.807) is 23.1 Å². The van der Waals surface area contributed by atoms with Crippen LogP contribution in [-0.4, -0.2) is 49.1 Å². The van der Waals surface area contributed by atoms with Gasteiger partial charge in [0.2, 0.25) is 5.91 Å². The van der Waals surface area contributed by atoms with Crippen LogP contribution < -0.4 is 14.8 Å². The minimum atomic E-state index is -0.183. The zero-order chi connectivity index (χ0) is 19.9. The van der Waals surface area contributed by atoms with Crippen LogP contribution in [0.4, 0.5) is 0 Å². The molecule has 1 aliphatic heterocycles. The summed E-state index contributed by atoms with van der Waals surface area (Å²) in [5.41, 5.74) is 1.61. The molecule has 0 aliphatic carbocycles. The van der Waals surface area contributed by atoms with Gasteiger partial charge in [0.1, 0.15) is 0 Å². The lowest BCUT2D eigenvalue weighted by molar-refractivity contribution is -0.124. The molecule has 1 saturated heterocycles. The van der Waals surface area contributed by atoms with Crippen molar-refractivity contribution in [2.45, 2.75) is 26.3 Å². The van der Waals surface area contributed by atoms with Gasteiger partial charge in [-0.1, -0.05) is 30.3 Å². The van der Waals surface area contributed by atoms with Crippen LogP contribution >= 0.6 is 0 Å². The van der Waals surface area contributed by atoms with Crippen LogP contribution in [-0.2, 0) is 11.2 Å². The van der Waals surface area contributed by atoms with Crippen LogP contribution in [0.1, 0.15) is 29.8 Å². The first-order valence-electron chi connectivity index (χ1n) is 9.63. The minimum absolute atomic E-state index is 0.0568. The number of rotatable bonds is 7. The van der Waals surface area contributed by atoms with E-state index in [2.05, 4.69) is 5.32 Å². The van der Waals surface area contributed by atoms with Crippen LogP contribution in [0.25, 0.3) is 0 Å². The summed E-state index contributed by atoms with van der Waals surface area (Å²) < 4.78 is 11.2. The molecule has 0 unspecified atom stereocenters. The van der Waals surface area contributed by atoms with Gasteiger partial charge in [-0.05, 0) is 44.0 Å². The van der Waals surface area contributed by atoms with Crippen molar-refractivity contribution in [1.29, 1.82) is 0 Å². The lowest BCUT2D eigenvalue weighted by Crippen LogP contribution is -2.56. The third-order valence-electron chi connectivity index (χ3n) is 4.54. The fourth-order valence-corrected chi connectivity index (χ4v) is 3.36. The lowest BCUT2D eigenvalue weighted by atomic mass is 10.0. The van der Waals surface area contributed by atoms with E-state index in [0.717, 1.165) is 5.56 Å². The molecule has 2 amide bonds. The van der Waals surface area contributed by atoms with Crippen molar-refractivity contribution in [1.82, 2.24) is 10.2 Å². The van der Waals surface area contributed by atoms with E-state index in [1.165, 1.54) is 0 Å². The number of amides is 2. The summed E-state index contributed by atoms with van der Waals surface area (Å²) in [5, 5.41) is 2.98. The fraction of sp³-hybridized carbons (Fsp3) is 0.364. The maximum absolute atomic E-state index is 13.0. The Morgan fingerprint density at radius 3 is 2.50 bits per heavy atom. The van der Waals surface area contributed by atoms with Crippen LogP contribution in [0.2, 0.25) is 0 Å². The van der Waals surface area contributed by atoms with Crippen molar-refractivity contribution >= 4 is 11.8 Å². The normalized spacial score (nSPS) is 16.4. The molecule has 2 aromatic rings. The molecular weight excluding hydrogens is 356 g/mol. The van der Waals surface area contributed by atoms with E-state index in [1.807, 2.05) is 44.2 Å². The number of piperazine rings is 1. The predicted molar refractivity (Wildman–Crippen MR) is 107 cm³/mol. The average Bonchev–Trinajstić information content (AvgIpc) is 2.69. The molecule has 0 radical (unpaired) electrons. The topological polar surface area (TPSA) is 67.9 Å². The molecule has 1 fully saturated rings. The van der Waals surface area contributed by atoms with E-state index in [9.17, 15) is 9.59 Å². The molecule has 1 atom stereocenters. The highest BCUT2D eigenvalue weighted by molar-refractivity contribution is 5.97. The van der Waals surface area contributed by atoms with Crippen molar-refractivity contribution in [2.75, 3.05) is 26.3 Å². The van der Waals surface area contributed by atoms with Crippen molar-refractivity contribution < 1.29 is 19.1 Å². The lowest BCUT2D eigenvalue weighted by Gasteiger charge is -2.33. The Kier molecular flexibility index (Phi) is 6.53. The first-order valence-corrected chi connectivity index (χ1v) is 9.63. The molecule has 148 valence electrons. The second-order valence-corrected chi connectivity index (χ2v) is 6.67. The maximum Gasteiger partial charge on any atom is 0.254 e. The SMILES string of the molecule is CCOc1ccc(C(=O)N2CC(=O)N[C@@H](Cc3ccccc3)C2)cc1OCC. The van der Waals surface area contributed by atoms with Gasteiger partial charge in [-0.25, -0.2) is 0 Å². The van der Waals surface area contributed by atoms with Crippen molar-refractivity contribution in [3.63, 3.8) is 0 Å². The third kappa shape index (κ3) is 4.82. The van der Waals surface area contributed by atoms with E-state index in [-0.39, 0.29) is 24.4 Å². The molecule has 2 aromatic carbocycles. The van der Waals surface area contributed by atoms with E-state index >= 15 is 0 Å². The number of nitrogens with one attached hydrogen (secondary N) is 1. The monoisotopic (exact) mass is 382 g/mol. The average molecular weight is 382 g/mol. The summed E-state index contributed by atoms with van der Waals surface area (Å²) in [4.78, 5) is 26.8. The zero-order valence-corrected chi connectivity index (χ0v) is 16.3. The summed E-state index contributed by atoms with van der Waals surface area (Å²) >= 11 is 0. The fourth-order valence-electron chi connectivity index (χ4n) is 3.36. The standard InChI is InChI=1S/C22H26N2O4/c1-3-27-19-11-10-17(13-20(19)28-4-2)22(26)24-14-18(23-21(25)15-24)12-16-8-6-5-7-9-16/h5-11,13,18H,3-4,12,14-15H2,1-2H3,(H,23,25)/t18-/m0/s1. The maximum atomic E-state index is 13.0. The molecule has 0 bridgehead atoms. The van der Waals surface area contributed by atoms with Gasteiger partial charge in [-0.2, -0.15) is 0 Å². The molecule has 1 N–H and O–H groups in total. The first kappa shape index (κ1) is 19.7. The highest BCUT2D eigenvalue weighted by atomic mass is 16.5. The molecule has 0 spiro atoms. The molecule has 28 heavy (non-hydrogen) atoms. The highest BCUT2D eigenvalue weighted by Crippen LogP contribution is 2.29. The number of ether oxygens (including phenoxy) is 2. The molecule has 1 heterocycles. The van der Waals surface area contributed by atoms with E-state index in [4.69, 9.17) is 9.47 Å². The number of benzene rings is 2. The van der Waals surface area contributed by atoms with Gasteiger partial charge in [0.25, 0.3) is 5.91 Å². The van der Waals surface area contributed by atoms with Crippen LogP contribution in [0, 0.1) is 0 Å². The third-order valence-corrected chi connectivity index (χ3v) is 4.54. The number of hydrogen-bond acceptors (Lipinski definition) is 4. The van der Waals surface area contributed by atoms with Gasteiger partial charge in [-0.3, -0.25) is 9.59 Å². The Bertz CT molecular complexity index is 823. The van der Waals surface area contributed by atoms with Gasteiger partial charge in [-0.15, -0.1) is 0 Å². The molecule has 0 aromatic heterocycles. The summed E-state index contributed by atoms with van der Waals surface area (Å²) in [7, 11) is 0. The summed E-state index contributed by atoms with van der Waals surface area (Å²) in [6.07, 6.45) is 0.684. The molecule has 1 aliphatic rings. The quantitative estimate of drug-likeness (QED) is 0.799. The largest absolute Gasteiger partial charge is 0.490 e. The van der Waals surface area contributed by atoms with Crippen LogP contribution in [0.3, 0.4) is 0 Å². The number of carbonyl (C=O) groups excluding carboxylic acids is 2. The van der Waals surface area contributed by atoms with Gasteiger partial charge in [0, 0.05) is 12.1 Å². The zero-order valence-electron chi connectivity index (χ0n) is 16.3. The molecular formula is C22H26N2O4. The van der Waals surface area contributed by atoms with Crippen LogP contribution in [0.5, 0.6) is 11.5 Å². The molecule has 6 nitrogen and oxygen atoms in total. The highest BCUT2D eigenvalue weighted by Gasteiger charge is 2.29. The Hall–Kier alpha value is -3.02. The number of nitrogens with zero attached hydrogens (tertiary/aromatic N) is 1. The van der Waals surface area contributed by atoms with Crippen LogP contribution in [0.15, 0.2) is 48.5 Å². The first-order chi connectivity index (χ1) is 13.6. The van der Waals surface area contributed by atoms with E-state index in [0.29, 0.717) is 43.2 Å². The minimum Gasteiger partial charge on any atom is -0.490 e. The van der Waals surface area contributed by atoms with Crippen molar-refractivity contribution in [3.05, 3.63) is 59.7 Å². The summed E-state index contributed by atoms with van der Waals surface area (Å²) in [5.74, 6) is 0.824. The number of hydrogen-bond donors (Lipinski definition) is 1. The van der Waals surface area contributed by atoms with Gasteiger partial charge >= 0.3 is 0 Å². The van der Waals surface area contributed by atoms with Gasteiger partial charge in [0.15, 0.2) is 11.5 Å².